The number of benzene rings is 4. The van der Waals surface area contributed by atoms with Gasteiger partial charge in [0.25, 0.3) is 0 Å². The minimum Gasteiger partial charge on any atom is -0.394 e. The topological polar surface area (TPSA) is 193 Å². The fraction of sp³-hybridized carbons (Fsp3) is 0. The molecule has 4 aromatic rings. The SMILES string of the molecule is O=[P+](OS(=O)(=O)OP(=O)(Oc1ccccc1)Oc1ccccc1)OS(=O)(=O)OP(=O)(Oc1ccccc1)Oc1ccccc1. The Bertz CT molecular complexity index is 1630. The predicted octanol–water partition coefficient (Wildman–Crippen LogP) is 6.73. The number of para-hydroxylation sites is 4. The van der Waals surface area contributed by atoms with Crippen LogP contribution >= 0.6 is 23.9 Å². The molecular formula is C24H20O15P3S2+. The fourth-order valence-electron chi connectivity index (χ4n) is 2.95. The number of hydrogen-bond donors (Lipinski definition) is 0. The van der Waals surface area contributed by atoms with Crippen LogP contribution in [0.4, 0.5) is 0 Å². The Morgan fingerprint density at radius 2 is 0.659 bits per heavy atom. The van der Waals surface area contributed by atoms with Gasteiger partial charge in [-0.3, -0.25) is 0 Å². The average molecular weight is 705 g/mol. The summed E-state index contributed by atoms with van der Waals surface area (Å²) in [4.78, 5) is 0. The van der Waals surface area contributed by atoms with Crippen LogP contribution in [0.5, 0.6) is 23.0 Å². The summed E-state index contributed by atoms with van der Waals surface area (Å²) < 4.78 is 126. The van der Waals surface area contributed by atoms with Crippen molar-refractivity contribution >= 4 is 44.7 Å². The highest BCUT2D eigenvalue weighted by Gasteiger charge is 2.49. The first kappa shape index (κ1) is 33.3. The van der Waals surface area contributed by atoms with Crippen LogP contribution in [0.15, 0.2) is 121 Å². The Hall–Kier alpha value is -3.62. The smallest absolute Gasteiger partial charge is 0.394 e. The van der Waals surface area contributed by atoms with Crippen molar-refractivity contribution in [1.29, 1.82) is 0 Å². The lowest BCUT2D eigenvalue weighted by Crippen LogP contribution is -2.14. The normalized spacial score (nSPS) is 12.2. The van der Waals surface area contributed by atoms with Gasteiger partial charge in [0.1, 0.15) is 23.0 Å². The van der Waals surface area contributed by atoms with Crippen molar-refractivity contribution in [3.63, 3.8) is 0 Å². The average Bonchev–Trinajstić information content (AvgIpc) is 2.93. The predicted molar refractivity (Wildman–Crippen MR) is 153 cm³/mol. The molecule has 0 aromatic heterocycles. The summed E-state index contributed by atoms with van der Waals surface area (Å²) in [6.07, 6.45) is 0. The van der Waals surface area contributed by atoms with Gasteiger partial charge in [-0.1, -0.05) is 72.8 Å². The van der Waals surface area contributed by atoms with Gasteiger partial charge in [-0.05, 0) is 48.5 Å². The quantitative estimate of drug-likeness (QED) is 0.111. The molecule has 0 N–H and O–H groups in total. The van der Waals surface area contributed by atoms with Crippen LogP contribution in [-0.2, 0) is 50.4 Å². The molecule has 0 fully saturated rings. The third-order valence-corrected chi connectivity index (χ3v) is 11.6. The highest BCUT2D eigenvalue weighted by Crippen LogP contribution is 2.54. The molecule has 15 nitrogen and oxygen atoms in total. The summed E-state index contributed by atoms with van der Waals surface area (Å²) in [7, 11) is -25.9. The first-order chi connectivity index (χ1) is 20.8. The maximum absolute atomic E-state index is 13.3. The number of hydrogen-bond acceptors (Lipinski definition) is 15. The van der Waals surface area contributed by atoms with Crippen LogP contribution in [0.1, 0.15) is 0 Å². The Labute approximate surface area is 253 Å². The highest BCUT2D eigenvalue weighted by atomic mass is 32.3. The maximum atomic E-state index is 13.3. The summed E-state index contributed by atoms with van der Waals surface area (Å²) in [6.45, 7) is 0. The lowest BCUT2D eigenvalue weighted by atomic mass is 10.3. The van der Waals surface area contributed by atoms with E-state index in [0.717, 1.165) is 0 Å². The second-order valence-corrected chi connectivity index (χ2v) is 14.8. The van der Waals surface area contributed by atoms with Gasteiger partial charge >= 0.3 is 44.7 Å². The molecule has 44 heavy (non-hydrogen) atoms. The standard InChI is InChI=1S/C24H20O15P3S2/c25-40(36-43(28,29)38-41(26,32-21-13-5-1-6-14-21)33-22-15-7-2-8-16-22)37-44(30,31)39-42(27,34-23-17-9-3-10-18-23)35-24-19-11-4-12-20-24/h1-20H/q+1. The van der Waals surface area contributed by atoms with E-state index in [0.29, 0.717) is 0 Å². The van der Waals surface area contributed by atoms with Crippen LogP contribution in [0.25, 0.3) is 0 Å². The van der Waals surface area contributed by atoms with Crippen molar-refractivity contribution in [1.82, 2.24) is 0 Å². The second-order valence-electron chi connectivity index (χ2n) is 7.85. The van der Waals surface area contributed by atoms with Crippen LogP contribution in [0.2, 0.25) is 0 Å². The van der Waals surface area contributed by atoms with Gasteiger partial charge in [0.2, 0.25) is 0 Å². The molecule has 20 heteroatoms. The summed E-state index contributed by atoms with van der Waals surface area (Å²) in [5, 5.41) is 0. The molecule has 0 atom stereocenters. The van der Waals surface area contributed by atoms with Crippen LogP contribution < -0.4 is 18.1 Å². The Kier molecular flexibility index (Phi) is 10.9. The Morgan fingerprint density at radius 3 is 0.886 bits per heavy atom. The molecule has 0 aliphatic rings. The molecule has 4 rings (SSSR count). The summed E-state index contributed by atoms with van der Waals surface area (Å²) >= 11 is 0. The Balaban J connectivity index is 1.48. The number of phosphoric ester groups is 2. The van der Waals surface area contributed by atoms with Gasteiger partial charge < -0.3 is 18.1 Å². The van der Waals surface area contributed by atoms with E-state index >= 15 is 0 Å². The van der Waals surface area contributed by atoms with Crippen LogP contribution in [0, 0.1) is 0 Å². The van der Waals surface area contributed by atoms with Gasteiger partial charge in [-0.25, -0.2) is 9.13 Å². The van der Waals surface area contributed by atoms with E-state index in [-0.39, 0.29) is 23.0 Å². The lowest BCUT2D eigenvalue weighted by molar-refractivity contribution is 0.274. The second kappa shape index (κ2) is 14.4. The van der Waals surface area contributed by atoms with E-state index in [1.807, 2.05) is 0 Å². The molecule has 0 saturated heterocycles. The monoisotopic (exact) mass is 705 g/mol. The van der Waals surface area contributed by atoms with Gasteiger partial charge in [-0.15, -0.1) is 7.94 Å². The van der Waals surface area contributed by atoms with E-state index < -0.39 is 44.7 Å². The molecule has 0 saturated carbocycles. The van der Waals surface area contributed by atoms with E-state index in [1.54, 1.807) is 24.3 Å². The Morgan fingerprint density at radius 1 is 0.432 bits per heavy atom. The van der Waals surface area contributed by atoms with E-state index in [4.69, 9.17) is 18.1 Å². The van der Waals surface area contributed by atoms with Crippen molar-refractivity contribution in [2.75, 3.05) is 0 Å². The third kappa shape index (κ3) is 10.8. The molecule has 0 radical (unpaired) electrons. The molecule has 0 amide bonds. The van der Waals surface area contributed by atoms with E-state index in [1.165, 1.54) is 97.1 Å². The number of rotatable bonds is 16. The molecule has 0 spiro atoms. The minimum atomic E-state index is -5.67. The first-order valence-corrected chi connectivity index (χ1v) is 18.5. The fourth-order valence-corrected chi connectivity index (χ4v) is 9.05. The zero-order valence-electron chi connectivity index (χ0n) is 21.8. The zero-order valence-corrected chi connectivity index (χ0v) is 26.1. The molecular weight excluding hydrogens is 685 g/mol. The van der Waals surface area contributed by atoms with E-state index in [2.05, 4.69) is 15.9 Å². The molecule has 0 heterocycles. The maximum Gasteiger partial charge on any atom is 0.736 e. The van der Waals surface area contributed by atoms with Gasteiger partial charge in [-0.2, -0.15) is 16.8 Å². The van der Waals surface area contributed by atoms with Crippen LogP contribution in [-0.4, -0.2) is 16.8 Å². The molecule has 0 bridgehead atoms. The van der Waals surface area contributed by atoms with E-state index in [9.17, 15) is 30.5 Å². The van der Waals surface area contributed by atoms with Crippen molar-refractivity contribution < 1.29 is 64.5 Å². The molecule has 4 aromatic carbocycles. The van der Waals surface area contributed by atoms with Crippen LogP contribution in [0.3, 0.4) is 0 Å². The lowest BCUT2D eigenvalue weighted by Gasteiger charge is -2.17. The van der Waals surface area contributed by atoms with Gasteiger partial charge in [0.05, 0.1) is 0 Å². The summed E-state index contributed by atoms with van der Waals surface area (Å²) in [5.41, 5.74) is 0. The molecule has 0 aliphatic carbocycles. The number of phosphoric acid groups is 2. The van der Waals surface area contributed by atoms with Crippen molar-refractivity contribution in [3.05, 3.63) is 121 Å². The minimum absolute atomic E-state index is 0.161. The highest BCUT2D eigenvalue weighted by molar-refractivity contribution is 7.92. The largest absolute Gasteiger partial charge is 0.736 e. The summed E-state index contributed by atoms with van der Waals surface area (Å²) in [5.74, 6) is -0.644. The van der Waals surface area contributed by atoms with Crippen molar-refractivity contribution in [2.45, 2.75) is 0 Å². The summed E-state index contributed by atoms with van der Waals surface area (Å²) in [6, 6.07) is 28.3. The van der Waals surface area contributed by atoms with Gasteiger partial charge in [0, 0.05) is 12.5 Å². The van der Waals surface area contributed by atoms with Crippen molar-refractivity contribution in [3.8, 4) is 23.0 Å². The molecule has 0 aliphatic heterocycles. The van der Waals surface area contributed by atoms with Crippen molar-refractivity contribution in [2.24, 2.45) is 0 Å². The molecule has 0 unspecified atom stereocenters. The first-order valence-electron chi connectivity index (χ1n) is 11.8. The molecule has 232 valence electrons. The van der Waals surface area contributed by atoms with Gasteiger partial charge in [0.15, 0.2) is 0 Å². The zero-order chi connectivity index (χ0) is 31.7. The third-order valence-electron chi connectivity index (χ3n) is 4.51.